The maximum absolute atomic E-state index is 12.6. The second kappa shape index (κ2) is 10.7. The molecule has 0 saturated carbocycles. The first-order valence-electron chi connectivity index (χ1n) is 10.7. The predicted octanol–water partition coefficient (Wildman–Crippen LogP) is 3.76. The molecule has 1 saturated heterocycles. The number of para-hydroxylation sites is 1. The molecule has 3 aromatic rings. The zero-order valence-electron chi connectivity index (χ0n) is 18.3. The fraction of sp³-hybridized carbons (Fsp3) is 0.292. The molecule has 0 aliphatic carbocycles. The molecule has 4 rings (SSSR count). The molecule has 0 radical (unpaired) electrons. The molecule has 9 heteroatoms. The normalized spacial score (nSPS) is 13.6. The number of rotatable bonds is 7. The van der Waals surface area contributed by atoms with Gasteiger partial charge in [-0.2, -0.15) is 0 Å². The molecule has 2 amide bonds. The Morgan fingerprint density at radius 1 is 1.06 bits per heavy atom. The van der Waals surface area contributed by atoms with Crippen LogP contribution in [-0.4, -0.2) is 54.4 Å². The number of ether oxygens (including phenoxy) is 1. The van der Waals surface area contributed by atoms with E-state index in [1.807, 2.05) is 18.2 Å². The number of nitrogens with zero attached hydrogens (tertiary/aromatic N) is 3. The lowest BCUT2D eigenvalue weighted by atomic mass is 10.2. The van der Waals surface area contributed by atoms with E-state index in [2.05, 4.69) is 27.3 Å². The minimum absolute atomic E-state index is 0.0296. The summed E-state index contributed by atoms with van der Waals surface area (Å²) in [5.41, 5.74) is 1.78. The van der Waals surface area contributed by atoms with E-state index < -0.39 is 0 Å². The Kier molecular flexibility index (Phi) is 7.47. The van der Waals surface area contributed by atoms with Crippen LogP contribution in [0.2, 0.25) is 5.02 Å². The molecule has 0 bridgehead atoms. The van der Waals surface area contributed by atoms with E-state index >= 15 is 0 Å². The Balaban J connectivity index is 1.25. The summed E-state index contributed by atoms with van der Waals surface area (Å²) in [5.74, 6) is 0.305. The summed E-state index contributed by atoms with van der Waals surface area (Å²) in [7, 11) is 0. The molecule has 1 fully saturated rings. The quantitative estimate of drug-likeness (QED) is 0.552. The number of hydrogen-bond donors (Lipinski definition) is 1. The maximum Gasteiger partial charge on any atom is 0.263 e. The van der Waals surface area contributed by atoms with Crippen LogP contribution >= 0.6 is 22.9 Å². The van der Waals surface area contributed by atoms with Gasteiger partial charge >= 0.3 is 0 Å². The maximum atomic E-state index is 12.6. The summed E-state index contributed by atoms with van der Waals surface area (Å²) in [6.07, 6.45) is 0. The number of nitrogens with one attached hydrogen (secondary N) is 1. The number of hydrogen-bond acceptors (Lipinski definition) is 6. The van der Waals surface area contributed by atoms with Crippen molar-refractivity contribution in [2.24, 2.45) is 0 Å². The summed E-state index contributed by atoms with van der Waals surface area (Å²) >= 11 is 7.15. The van der Waals surface area contributed by atoms with Crippen molar-refractivity contribution < 1.29 is 14.3 Å². The number of thiazole rings is 1. The van der Waals surface area contributed by atoms with Gasteiger partial charge < -0.3 is 19.9 Å². The molecule has 1 aromatic heterocycles. The van der Waals surface area contributed by atoms with E-state index in [0.29, 0.717) is 39.4 Å². The summed E-state index contributed by atoms with van der Waals surface area (Å²) in [6.45, 7) is 4.82. The first kappa shape index (κ1) is 23.1. The van der Waals surface area contributed by atoms with Gasteiger partial charge in [-0.05, 0) is 43.3 Å². The van der Waals surface area contributed by atoms with Crippen molar-refractivity contribution in [2.75, 3.05) is 37.6 Å². The number of anilines is 1. The Morgan fingerprint density at radius 3 is 2.45 bits per heavy atom. The van der Waals surface area contributed by atoms with Crippen molar-refractivity contribution in [3.63, 3.8) is 0 Å². The molecule has 0 atom stereocenters. The van der Waals surface area contributed by atoms with Gasteiger partial charge in [0, 0.05) is 36.9 Å². The Hall–Kier alpha value is -3.10. The second-order valence-corrected chi connectivity index (χ2v) is 9.17. The third-order valence-corrected chi connectivity index (χ3v) is 6.76. The van der Waals surface area contributed by atoms with E-state index in [-0.39, 0.29) is 25.0 Å². The zero-order valence-corrected chi connectivity index (χ0v) is 19.9. The number of aryl methyl sites for hydroxylation is 1. The summed E-state index contributed by atoms with van der Waals surface area (Å²) in [5, 5.41) is 4.07. The molecule has 172 valence electrons. The van der Waals surface area contributed by atoms with Crippen LogP contribution in [-0.2, 0) is 11.4 Å². The first-order chi connectivity index (χ1) is 16.0. The molecule has 1 aliphatic heterocycles. The predicted molar refractivity (Wildman–Crippen MR) is 130 cm³/mol. The third kappa shape index (κ3) is 6.03. The highest BCUT2D eigenvalue weighted by Gasteiger charge is 2.22. The molecular formula is C24H25ClN4O3S. The lowest BCUT2D eigenvalue weighted by Crippen LogP contribution is -2.51. The largest absolute Gasteiger partial charge is 0.486 e. The van der Waals surface area contributed by atoms with Crippen molar-refractivity contribution in [3.8, 4) is 5.75 Å². The standard InChI is InChI=1S/C24H25ClN4O3S/c1-17-23(33-21(27-17)16-32-20-9-7-18(25)8-10-20)24(31)26-15-22(30)29-13-11-28(12-14-29)19-5-3-2-4-6-19/h2-10H,11-16H2,1H3,(H,26,31). The van der Waals surface area contributed by atoms with Crippen LogP contribution in [0.25, 0.3) is 0 Å². The average molecular weight is 485 g/mol. The van der Waals surface area contributed by atoms with Gasteiger partial charge in [0.2, 0.25) is 5.91 Å². The zero-order chi connectivity index (χ0) is 23.2. The van der Waals surface area contributed by atoms with E-state index in [1.165, 1.54) is 11.3 Å². The number of aromatic nitrogens is 1. The summed E-state index contributed by atoms with van der Waals surface area (Å²) < 4.78 is 5.71. The molecule has 0 spiro atoms. The van der Waals surface area contributed by atoms with Gasteiger partial charge in [0.25, 0.3) is 5.91 Å². The monoisotopic (exact) mass is 484 g/mol. The smallest absolute Gasteiger partial charge is 0.263 e. The molecule has 2 heterocycles. The highest BCUT2D eigenvalue weighted by atomic mass is 35.5. The number of amides is 2. The molecule has 0 unspecified atom stereocenters. The lowest BCUT2D eigenvalue weighted by Gasteiger charge is -2.36. The van der Waals surface area contributed by atoms with Crippen LogP contribution in [0.3, 0.4) is 0 Å². The van der Waals surface area contributed by atoms with Crippen molar-refractivity contribution in [2.45, 2.75) is 13.5 Å². The number of carbonyl (C=O) groups excluding carboxylic acids is 2. The van der Waals surface area contributed by atoms with Crippen molar-refractivity contribution in [1.82, 2.24) is 15.2 Å². The fourth-order valence-corrected chi connectivity index (χ4v) is 4.62. The van der Waals surface area contributed by atoms with Gasteiger partial charge in [-0.3, -0.25) is 9.59 Å². The second-order valence-electron chi connectivity index (χ2n) is 7.65. The van der Waals surface area contributed by atoms with Crippen LogP contribution in [0.15, 0.2) is 54.6 Å². The van der Waals surface area contributed by atoms with Crippen molar-refractivity contribution in [3.05, 3.63) is 75.2 Å². The molecular weight excluding hydrogens is 460 g/mol. The molecule has 1 N–H and O–H groups in total. The van der Waals surface area contributed by atoms with E-state index in [4.69, 9.17) is 16.3 Å². The number of benzene rings is 2. The number of piperazine rings is 1. The van der Waals surface area contributed by atoms with E-state index in [1.54, 1.807) is 36.1 Å². The molecule has 33 heavy (non-hydrogen) atoms. The van der Waals surface area contributed by atoms with Gasteiger partial charge in [-0.15, -0.1) is 11.3 Å². The molecule has 1 aliphatic rings. The van der Waals surface area contributed by atoms with Crippen LogP contribution in [0.5, 0.6) is 5.75 Å². The van der Waals surface area contributed by atoms with Gasteiger partial charge in [-0.1, -0.05) is 29.8 Å². The summed E-state index contributed by atoms with van der Waals surface area (Å²) in [6, 6.07) is 17.2. The van der Waals surface area contributed by atoms with E-state index in [0.717, 1.165) is 18.8 Å². The molecule has 7 nitrogen and oxygen atoms in total. The Bertz CT molecular complexity index is 1100. The topological polar surface area (TPSA) is 74.8 Å². The highest BCUT2D eigenvalue weighted by Crippen LogP contribution is 2.21. The minimum Gasteiger partial charge on any atom is -0.486 e. The van der Waals surface area contributed by atoms with Crippen molar-refractivity contribution in [1.29, 1.82) is 0 Å². The van der Waals surface area contributed by atoms with Gasteiger partial charge in [0.1, 0.15) is 22.2 Å². The summed E-state index contributed by atoms with van der Waals surface area (Å²) in [4.78, 5) is 34.2. The Labute approximate surface area is 201 Å². The fourth-order valence-electron chi connectivity index (χ4n) is 3.60. The van der Waals surface area contributed by atoms with Gasteiger partial charge in [0.05, 0.1) is 12.2 Å². The first-order valence-corrected chi connectivity index (χ1v) is 11.9. The van der Waals surface area contributed by atoms with Crippen molar-refractivity contribution >= 4 is 40.4 Å². The van der Waals surface area contributed by atoms with Crippen LogP contribution in [0, 0.1) is 6.92 Å². The van der Waals surface area contributed by atoms with Crippen LogP contribution in [0.1, 0.15) is 20.4 Å². The van der Waals surface area contributed by atoms with Gasteiger partial charge in [0.15, 0.2) is 0 Å². The van der Waals surface area contributed by atoms with Crippen LogP contribution < -0.4 is 15.0 Å². The number of carbonyl (C=O) groups is 2. The SMILES string of the molecule is Cc1nc(COc2ccc(Cl)cc2)sc1C(=O)NCC(=O)N1CCN(c2ccccc2)CC1. The Morgan fingerprint density at radius 2 is 1.76 bits per heavy atom. The lowest BCUT2D eigenvalue weighted by molar-refractivity contribution is -0.130. The highest BCUT2D eigenvalue weighted by molar-refractivity contribution is 7.13. The van der Waals surface area contributed by atoms with Crippen LogP contribution in [0.4, 0.5) is 5.69 Å². The minimum atomic E-state index is -0.293. The third-order valence-electron chi connectivity index (χ3n) is 5.38. The average Bonchev–Trinajstić information content (AvgIpc) is 3.23. The van der Waals surface area contributed by atoms with E-state index in [9.17, 15) is 9.59 Å². The number of halogens is 1. The van der Waals surface area contributed by atoms with Gasteiger partial charge in [-0.25, -0.2) is 4.98 Å². The molecule has 2 aromatic carbocycles.